The SMILES string of the molecule is CO[SiH](OC)OCCCC1CCCC1. The largest absolute Gasteiger partial charge is 0.483 e. The fourth-order valence-corrected chi connectivity index (χ4v) is 2.91. The molecule has 0 spiro atoms. The molecule has 0 atom stereocenters. The Morgan fingerprint density at radius 3 is 2.36 bits per heavy atom. The van der Waals surface area contributed by atoms with E-state index in [1.807, 2.05) is 0 Å². The number of rotatable bonds is 7. The molecule has 1 rings (SSSR count). The summed E-state index contributed by atoms with van der Waals surface area (Å²) < 4.78 is 15.6. The standard InChI is InChI=1S/C10H22O3Si/c1-11-14(12-2)13-9-5-8-10-6-3-4-7-10/h10,14H,3-9H2,1-2H3. The summed E-state index contributed by atoms with van der Waals surface area (Å²) >= 11 is 0. The second-order valence-electron chi connectivity index (χ2n) is 3.92. The van der Waals surface area contributed by atoms with E-state index in [9.17, 15) is 0 Å². The molecule has 3 nitrogen and oxygen atoms in total. The third-order valence-electron chi connectivity index (χ3n) is 2.87. The summed E-state index contributed by atoms with van der Waals surface area (Å²) in [6.45, 7) is 0.801. The summed E-state index contributed by atoms with van der Waals surface area (Å²) in [5.41, 5.74) is 0. The van der Waals surface area contributed by atoms with E-state index in [0.29, 0.717) is 0 Å². The predicted molar refractivity (Wildman–Crippen MR) is 58.3 cm³/mol. The van der Waals surface area contributed by atoms with Crippen molar-refractivity contribution in [3.63, 3.8) is 0 Å². The zero-order valence-corrected chi connectivity index (χ0v) is 10.5. The molecule has 0 bridgehead atoms. The fraction of sp³-hybridized carbons (Fsp3) is 1.00. The highest BCUT2D eigenvalue weighted by Gasteiger charge is 2.15. The van der Waals surface area contributed by atoms with Gasteiger partial charge in [-0.3, -0.25) is 0 Å². The second-order valence-corrected chi connectivity index (χ2v) is 5.78. The van der Waals surface area contributed by atoms with Gasteiger partial charge in [0.15, 0.2) is 0 Å². The van der Waals surface area contributed by atoms with Crippen LogP contribution in [0.25, 0.3) is 0 Å². The summed E-state index contributed by atoms with van der Waals surface area (Å²) in [6.07, 6.45) is 8.18. The molecule has 0 amide bonds. The quantitative estimate of drug-likeness (QED) is 0.483. The van der Waals surface area contributed by atoms with Gasteiger partial charge in [0.25, 0.3) is 0 Å². The highest BCUT2D eigenvalue weighted by molar-refractivity contribution is 6.36. The van der Waals surface area contributed by atoms with E-state index in [2.05, 4.69) is 0 Å². The summed E-state index contributed by atoms with van der Waals surface area (Å²) in [7, 11) is 1.54. The highest BCUT2D eigenvalue weighted by Crippen LogP contribution is 2.28. The smallest absolute Gasteiger partial charge is 0.379 e. The third kappa shape index (κ3) is 4.55. The van der Waals surface area contributed by atoms with Crippen molar-refractivity contribution in [3.8, 4) is 0 Å². The minimum absolute atomic E-state index is 0.801. The van der Waals surface area contributed by atoms with Gasteiger partial charge in [0.05, 0.1) is 0 Å². The van der Waals surface area contributed by atoms with Crippen LogP contribution in [0.1, 0.15) is 38.5 Å². The van der Waals surface area contributed by atoms with Gasteiger partial charge in [0, 0.05) is 20.8 Å². The maximum atomic E-state index is 5.49. The van der Waals surface area contributed by atoms with Gasteiger partial charge in [-0.1, -0.05) is 25.7 Å². The first-order valence-electron chi connectivity index (χ1n) is 5.54. The van der Waals surface area contributed by atoms with Gasteiger partial charge < -0.3 is 13.3 Å². The average molecular weight is 218 g/mol. The maximum Gasteiger partial charge on any atom is 0.483 e. The Morgan fingerprint density at radius 1 is 1.14 bits per heavy atom. The van der Waals surface area contributed by atoms with Crippen molar-refractivity contribution in [3.05, 3.63) is 0 Å². The minimum atomic E-state index is -1.76. The molecule has 0 aliphatic heterocycles. The van der Waals surface area contributed by atoms with E-state index >= 15 is 0 Å². The second kappa shape index (κ2) is 7.40. The molecule has 1 saturated carbocycles. The van der Waals surface area contributed by atoms with Crippen molar-refractivity contribution >= 4 is 9.53 Å². The Morgan fingerprint density at radius 2 is 1.79 bits per heavy atom. The molecule has 0 aromatic carbocycles. The van der Waals surface area contributed by atoms with E-state index in [-0.39, 0.29) is 0 Å². The lowest BCUT2D eigenvalue weighted by Gasteiger charge is -2.12. The van der Waals surface area contributed by atoms with E-state index in [4.69, 9.17) is 13.3 Å². The van der Waals surface area contributed by atoms with Crippen LogP contribution in [0.3, 0.4) is 0 Å². The van der Waals surface area contributed by atoms with Gasteiger partial charge in [-0.05, 0) is 18.8 Å². The van der Waals surface area contributed by atoms with Gasteiger partial charge in [-0.25, -0.2) is 0 Å². The van der Waals surface area contributed by atoms with Gasteiger partial charge in [-0.15, -0.1) is 0 Å². The Hall–Kier alpha value is 0.0969. The first-order valence-corrected chi connectivity index (χ1v) is 6.95. The van der Waals surface area contributed by atoms with Crippen molar-refractivity contribution in [1.82, 2.24) is 0 Å². The monoisotopic (exact) mass is 218 g/mol. The first-order chi connectivity index (χ1) is 6.86. The first kappa shape index (κ1) is 12.2. The lowest BCUT2D eigenvalue weighted by atomic mass is 10.0. The van der Waals surface area contributed by atoms with Gasteiger partial charge in [0.1, 0.15) is 0 Å². The van der Waals surface area contributed by atoms with Crippen LogP contribution >= 0.6 is 0 Å². The molecule has 0 unspecified atom stereocenters. The molecule has 0 aromatic heterocycles. The van der Waals surface area contributed by atoms with Crippen LogP contribution in [-0.4, -0.2) is 30.4 Å². The topological polar surface area (TPSA) is 27.7 Å². The molecule has 84 valence electrons. The Balaban J connectivity index is 1.92. The molecule has 1 aliphatic rings. The molecular weight excluding hydrogens is 196 g/mol. The van der Waals surface area contributed by atoms with E-state index in [1.165, 1.54) is 32.1 Å². The molecule has 0 heterocycles. The fourth-order valence-electron chi connectivity index (χ4n) is 2.08. The summed E-state index contributed by atoms with van der Waals surface area (Å²) in [5, 5.41) is 0. The van der Waals surface area contributed by atoms with Crippen molar-refractivity contribution in [1.29, 1.82) is 0 Å². The lowest BCUT2D eigenvalue weighted by Crippen LogP contribution is -2.24. The van der Waals surface area contributed by atoms with Crippen LogP contribution in [0.5, 0.6) is 0 Å². The lowest BCUT2D eigenvalue weighted by molar-refractivity contribution is 0.131. The molecule has 0 N–H and O–H groups in total. The molecular formula is C10H22O3Si. The van der Waals surface area contributed by atoms with Crippen LogP contribution < -0.4 is 0 Å². The minimum Gasteiger partial charge on any atom is -0.379 e. The maximum absolute atomic E-state index is 5.49. The van der Waals surface area contributed by atoms with Crippen molar-refractivity contribution in [2.45, 2.75) is 38.5 Å². The van der Waals surface area contributed by atoms with Crippen molar-refractivity contribution in [2.24, 2.45) is 5.92 Å². The van der Waals surface area contributed by atoms with Gasteiger partial charge in [0.2, 0.25) is 0 Å². The Kier molecular flexibility index (Phi) is 6.43. The van der Waals surface area contributed by atoms with Crippen LogP contribution in [0.2, 0.25) is 0 Å². The Bertz CT molecular complexity index is 129. The number of hydrogen-bond donors (Lipinski definition) is 0. The summed E-state index contributed by atoms with van der Waals surface area (Å²) in [6, 6.07) is 0. The van der Waals surface area contributed by atoms with Crippen molar-refractivity contribution < 1.29 is 13.3 Å². The third-order valence-corrected chi connectivity index (χ3v) is 4.15. The van der Waals surface area contributed by atoms with E-state index < -0.39 is 9.53 Å². The normalized spacial score (nSPS) is 18.2. The van der Waals surface area contributed by atoms with E-state index in [0.717, 1.165) is 18.9 Å². The van der Waals surface area contributed by atoms with Crippen LogP contribution in [0, 0.1) is 5.92 Å². The molecule has 4 heteroatoms. The Labute approximate surface area is 88.7 Å². The van der Waals surface area contributed by atoms with Gasteiger partial charge >= 0.3 is 9.53 Å². The molecule has 1 aliphatic carbocycles. The van der Waals surface area contributed by atoms with Crippen LogP contribution in [0.15, 0.2) is 0 Å². The van der Waals surface area contributed by atoms with Gasteiger partial charge in [-0.2, -0.15) is 0 Å². The summed E-state index contributed by atoms with van der Waals surface area (Å²) in [4.78, 5) is 0. The number of hydrogen-bond acceptors (Lipinski definition) is 3. The molecule has 0 aromatic rings. The molecule has 1 fully saturated rings. The molecule has 0 saturated heterocycles. The predicted octanol–water partition coefficient (Wildman–Crippen LogP) is 1.98. The molecule has 14 heavy (non-hydrogen) atoms. The average Bonchev–Trinajstić information content (AvgIpc) is 2.71. The molecule has 0 radical (unpaired) electrons. The highest BCUT2D eigenvalue weighted by atomic mass is 28.3. The van der Waals surface area contributed by atoms with Crippen LogP contribution in [-0.2, 0) is 13.3 Å². The van der Waals surface area contributed by atoms with Crippen LogP contribution in [0.4, 0.5) is 0 Å². The summed E-state index contributed by atoms with van der Waals surface area (Å²) in [5.74, 6) is 0.962. The van der Waals surface area contributed by atoms with Crippen molar-refractivity contribution in [2.75, 3.05) is 20.8 Å². The van der Waals surface area contributed by atoms with E-state index in [1.54, 1.807) is 14.2 Å². The zero-order valence-electron chi connectivity index (χ0n) is 9.33. The zero-order chi connectivity index (χ0) is 10.2.